The summed E-state index contributed by atoms with van der Waals surface area (Å²) < 4.78 is 6.01. The largest absolute Gasteiger partial charge is 0.493 e. The molecule has 1 heterocycles. The van der Waals surface area contributed by atoms with Crippen LogP contribution in [0, 0.1) is 5.92 Å². The van der Waals surface area contributed by atoms with E-state index in [4.69, 9.17) is 4.74 Å². The minimum Gasteiger partial charge on any atom is -0.493 e. The molecule has 2 N–H and O–H groups in total. The Morgan fingerprint density at radius 3 is 2.81 bits per heavy atom. The van der Waals surface area contributed by atoms with E-state index in [0.29, 0.717) is 13.0 Å². The van der Waals surface area contributed by atoms with Crippen molar-refractivity contribution >= 4 is 16.9 Å². The number of aromatic nitrogens is 1. The number of H-pyrrole nitrogens is 1. The summed E-state index contributed by atoms with van der Waals surface area (Å²) in [5, 5.41) is 10.3. The Kier molecular flexibility index (Phi) is 5.61. The number of aromatic amines is 1. The molecule has 0 saturated heterocycles. The molecule has 3 rings (SSSR count). The van der Waals surface area contributed by atoms with E-state index >= 15 is 0 Å². The first-order chi connectivity index (χ1) is 12.6. The van der Waals surface area contributed by atoms with Crippen molar-refractivity contribution in [3.63, 3.8) is 0 Å². The zero-order valence-electron chi connectivity index (χ0n) is 15.3. The lowest BCUT2D eigenvalue weighted by Gasteiger charge is -2.15. The second-order valence-electron chi connectivity index (χ2n) is 6.76. The summed E-state index contributed by atoms with van der Waals surface area (Å²) in [4.78, 5) is 14.4. The first kappa shape index (κ1) is 18.1. The minimum absolute atomic E-state index is 0.415. The number of unbranched alkanes of at least 4 members (excludes halogenated alkanes) is 1. The second-order valence-corrected chi connectivity index (χ2v) is 6.76. The number of rotatable bonds is 8. The molecule has 4 heteroatoms. The lowest BCUT2D eigenvalue weighted by molar-refractivity contribution is -0.141. The first-order valence-electron chi connectivity index (χ1n) is 9.14. The maximum Gasteiger partial charge on any atom is 0.306 e. The van der Waals surface area contributed by atoms with Gasteiger partial charge < -0.3 is 14.8 Å². The smallest absolute Gasteiger partial charge is 0.306 e. The molecular formula is C22H25NO3. The van der Waals surface area contributed by atoms with Crippen molar-refractivity contribution in [3.8, 4) is 16.9 Å². The van der Waals surface area contributed by atoms with Crippen molar-refractivity contribution in [2.75, 3.05) is 6.61 Å². The number of hydrogen-bond donors (Lipinski definition) is 2. The van der Waals surface area contributed by atoms with Crippen LogP contribution in [-0.4, -0.2) is 22.7 Å². The van der Waals surface area contributed by atoms with Crippen LogP contribution in [0.4, 0.5) is 0 Å². The molecule has 0 aliphatic heterocycles. The molecule has 2 aromatic carbocycles. The highest BCUT2D eigenvalue weighted by molar-refractivity contribution is 5.86. The minimum atomic E-state index is -0.774. The summed E-state index contributed by atoms with van der Waals surface area (Å²) in [6.07, 6.45) is 4.52. The summed E-state index contributed by atoms with van der Waals surface area (Å²) in [5.74, 6) is -0.342. The zero-order valence-corrected chi connectivity index (χ0v) is 15.3. The van der Waals surface area contributed by atoms with Gasteiger partial charge in [0, 0.05) is 17.3 Å². The number of ether oxygens (including phenoxy) is 1. The van der Waals surface area contributed by atoms with Crippen molar-refractivity contribution in [3.05, 3.63) is 54.2 Å². The van der Waals surface area contributed by atoms with E-state index in [1.807, 2.05) is 24.4 Å². The maximum atomic E-state index is 11.2. The maximum absolute atomic E-state index is 11.2. The van der Waals surface area contributed by atoms with Gasteiger partial charge in [-0.3, -0.25) is 4.79 Å². The highest BCUT2D eigenvalue weighted by Gasteiger charge is 2.14. The number of carboxylic acid groups (broad SMARTS) is 1. The van der Waals surface area contributed by atoms with Crippen LogP contribution in [0.2, 0.25) is 0 Å². The summed E-state index contributed by atoms with van der Waals surface area (Å²) >= 11 is 0. The highest BCUT2D eigenvalue weighted by atomic mass is 16.5. The zero-order chi connectivity index (χ0) is 18.5. The van der Waals surface area contributed by atoms with Crippen LogP contribution in [0.1, 0.15) is 32.3 Å². The van der Waals surface area contributed by atoms with Crippen LogP contribution in [0.5, 0.6) is 5.75 Å². The lowest BCUT2D eigenvalue weighted by atomic mass is 9.96. The average molecular weight is 351 g/mol. The van der Waals surface area contributed by atoms with Crippen LogP contribution in [-0.2, 0) is 11.2 Å². The van der Waals surface area contributed by atoms with E-state index in [1.165, 1.54) is 0 Å². The number of fused-ring (bicyclic) bond motifs is 1. The van der Waals surface area contributed by atoms with Crippen molar-refractivity contribution in [2.45, 2.75) is 33.1 Å². The molecule has 1 unspecified atom stereocenters. The van der Waals surface area contributed by atoms with Gasteiger partial charge in [0.05, 0.1) is 12.5 Å². The SMILES string of the molecule is CCCCOc1ccc(CC(C)C(=O)O)cc1-c1ccc2[nH]ccc2c1. The monoisotopic (exact) mass is 351 g/mol. The summed E-state index contributed by atoms with van der Waals surface area (Å²) in [7, 11) is 0. The van der Waals surface area contributed by atoms with Gasteiger partial charge in [0.2, 0.25) is 0 Å². The molecule has 0 aliphatic rings. The third-order valence-corrected chi connectivity index (χ3v) is 4.63. The Balaban J connectivity index is 1.97. The van der Waals surface area contributed by atoms with Crippen LogP contribution in [0.3, 0.4) is 0 Å². The number of carbonyl (C=O) groups is 1. The average Bonchev–Trinajstić information content (AvgIpc) is 3.10. The van der Waals surface area contributed by atoms with Gasteiger partial charge in [-0.1, -0.05) is 32.4 Å². The van der Waals surface area contributed by atoms with Gasteiger partial charge in [-0.2, -0.15) is 0 Å². The predicted molar refractivity (Wildman–Crippen MR) is 105 cm³/mol. The molecule has 0 aliphatic carbocycles. The van der Waals surface area contributed by atoms with Crippen molar-refractivity contribution in [2.24, 2.45) is 5.92 Å². The fraction of sp³-hybridized carbons (Fsp3) is 0.318. The number of carboxylic acids is 1. The molecule has 1 atom stereocenters. The summed E-state index contributed by atoms with van der Waals surface area (Å²) in [6.45, 7) is 4.56. The van der Waals surface area contributed by atoms with Gasteiger partial charge in [0.25, 0.3) is 0 Å². The van der Waals surface area contributed by atoms with Gasteiger partial charge in [0.1, 0.15) is 5.75 Å². The topological polar surface area (TPSA) is 62.3 Å². The van der Waals surface area contributed by atoms with Crippen LogP contribution in [0.15, 0.2) is 48.7 Å². The molecule has 0 radical (unpaired) electrons. The van der Waals surface area contributed by atoms with E-state index in [2.05, 4.69) is 36.2 Å². The van der Waals surface area contributed by atoms with Gasteiger partial charge in [-0.05, 0) is 59.7 Å². The van der Waals surface area contributed by atoms with E-state index < -0.39 is 11.9 Å². The number of benzene rings is 2. The Labute approximate surface area is 153 Å². The van der Waals surface area contributed by atoms with Crippen LogP contribution >= 0.6 is 0 Å². The Morgan fingerprint density at radius 1 is 1.19 bits per heavy atom. The molecule has 1 aromatic heterocycles. The van der Waals surface area contributed by atoms with Crippen molar-refractivity contribution < 1.29 is 14.6 Å². The van der Waals surface area contributed by atoms with Crippen LogP contribution < -0.4 is 4.74 Å². The Hall–Kier alpha value is -2.75. The molecule has 136 valence electrons. The fourth-order valence-corrected chi connectivity index (χ4v) is 3.04. The first-order valence-corrected chi connectivity index (χ1v) is 9.14. The summed E-state index contributed by atoms with van der Waals surface area (Å²) in [5.41, 5.74) is 4.19. The fourth-order valence-electron chi connectivity index (χ4n) is 3.04. The van der Waals surface area contributed by atoms with E-state index in [-0.39, 0.29) is 0 Å². The van der Waals surface area contributed by atoms with Crippen molar-refractivity contribution in [1.29, 1.82) is 0 Å². The van der Waals surface area contributed by atoms with Crippen molar-refractivity contribution in [1.82, 2.24) is 4.98 Å². The van der Waals surface area contributed by atoms with Crippen LogP contribution in [0.25, 0.3) is 22.0 Å². The predicted octanol–water partition coefficient (Wildman–Crippen LogP) is 5.28. The standard InChI is InChI=1S/C22H25NO3/c1-3-4-11-26-21-8-5-16(12-15(2)22(24)25)13-19(21)17-6-7-20-18(14-17)9-10-23-20/h5-10,13-15,23H,3-4,11-12H2,1-2H3,(H,24,25). The number of nitrogens with one attached hydrogen (secondary N) is 1. The Morgan fingerprint density at radius 2 is 2.04 bits per heavy atom. The molecule has 0 spiro atoms. The molecule has 3 aromatic rings. The molecule has 0 saturated carbocycles. The molecule has 0 fully saturated rings. The van der Waals surface area contributed by atoms with E-state index in [0.717, 1.165) is 46.2 Å². The summed E-state index contributed by atoms with van der Waals surface area (Å²) in [6, 6.07) is 14.3. The number of hydrogen-bond acceptors (Lipinski definition) is 2. The van der Waals surface area contributed by atoms with Gasteiger partial charge in [-0.15, -0.1) is 0 Å². The Bertz CT molecular complexity index is 897. The normalized spacial score (nSPS) is 12.2. The molecule has 0 bridgehead atoms. The molecular weight excluding hydrogens is 326 g/mol. The molecule has 4 nitrogen and oxygen atoms in total. The highest BCUT2D eigenvalue weighted by Crippen LogP contribution is 2.33. The van der Waals surface area contributed by atoms with E-state index in [9.17, 15) is 9.90 Å². The quantitative estimate of drug-likeness (QED) is 0.543. The second kappa shape index (κ2) is 8.09. The van der Waals surface area contributed by atoms with Gasteiger partial charge in [-0.25, -0.2) is 0 Å². The third kappa shape index (κ3) is 4.07. The van der Waals surface area contributed by atoms with E-state index in [1.54, 1.807) is 6.92 Å². The lowest BCUT2D eigenvalue weighted by Crippen LogP contribution is -2.12. The molecule has 26 heavy (non-hydrogen) atoms. The van der Waals surface area contributed by atoms with Gasteiger partial charge >= 0.3 is 5.97 Å². The third-order valence-electron chi connectivity index (χ3n) is 4.63. The van der Waals surface area contributed by atoms with Gasteiger partial charge in [0.15, 0.2) is 0 Å². The molecule has 0 amide bonds. The number of aliphatic carboxylic acids is 1.